The fraction of sp³-hybridized carbons (Fsp3) is 0.250. The summed E-state index contributed by atoms with van der Waals surface area (Å²) in [5, 5.41) is 0. The van der Waals surface area contributed by atoms with Gasteiger partial charge in [0.2, 0.25) is 0 Å². The Morgan fingerprint density at radius 1 is 0.630 bits per heavy atom. The summed E-state index contributed by atoms with van der Waals surface area (Å²) in [6, 6.07) is 0.950. The van der Waals surface area contributed by atoms with Gasteiger partial charge in [0.1, 0.15) is 22.6 Å². The zero-order chi connectivity index (χ0) is 20.5. The largest absolute Gasteiger partial charge is 0.236 e. The fourth-order valence-electron chi connectivity index (χ4n) is 1.92. The smallest absolute Gasteiger partial charge is 0.176 e. The van der Waals surface area contributed by atoms with Crippen LogP contribution in [-0.2, 0) is 0 Å². The van der Waals surface area contributed by atoms with Crippen molar-refractivity contribution in [2.45, 2.75) is 44.4 Å². The highest BCUT2D eigenvalue weighted by Gasteiger charge is 2.26. The zero-order valence-corrected chi connectivity index (χ0v) is 16.0. The van der Waals surface area contributed by atoms with E-state index >= 15 is 0 Å². The van der Waals surface area contributed by atoms with E-state index in [0.29, 0.717) is 12.1 Å². The molecule has 0 saturated heterocycles. The molecule has 148 valence electrons. The van der Waals surface area contributed by atoms with Crippen LogP contribution < -0.4 is 0 Å². The maximum atomic E-state index is 14.1. The van der Waals surface area contributed by atoms with E-state index in [9.17, 15) is 35.1 Å². The van der Waals surface area contributed by atoms with Crippen molar-refractivity contribution in [2.75, 3.05) is 0 Å². The van der Waals surface area contributed by atoms with Gasteiger partial charge in [-0.1, -0.05) is 35.3 Å². The molecule has 0 bridgehead atoms. The molecule has 27 heavy (non-hydrogen) atoms. The average molecular weight is 450 g/mol. The maximum absolute atomic E-state index is 14.1. The van der Waals surface area contributed by atoms with Crippen LogP contribution in [0.5, 0.6) is 0 Å². The van der Waals surface area contributed by atoms with Gasteiger partial charge in [0.05, 0.1) is 19.6 Å². The molecule has 2 rings (SSSR count). The minimum Gasteiger partial charge on any atom is -0.236 e. The normalized spacial score (nSPS) is 13.7. The van der Waals surface area contributed by atoms with E-state index in [1.807, 2.05) is 0 Å². The summed E-state index contributed by atoms with van der Waals surface area (Å²) in [5.74, 6) is -9.60. The summed E-state index contributed by atoms with van der Waals surface area (Å²) in [4.78, 5) is -3.58. The number of alkyl halides is 2. The lowest BCUT2D eigenvalue weighted by molar-refractivity contribution is 0.441. The molecule has 0 nitrogen and oxygen atoms in total. The summed E-state index contributed by atoms with van der Waals surface area (Å²) in [5.41, 5.74) is -3.33. The number of hydrogen-bond acceptors (Lipinski definition) is 3. The van der Waals surface area contributed by atoms with Crippen molar-refractivity contribution in [1.82, 2.24) is 0 Å². The number of thioether (sulfide) groups is 2. The van der Waals surface area contributed by atoms with Crippen molar-refractivity contribution < 1.29 is 35.1 Å². The van der Waals surface area contributed by atoms with Crippen LogP contribution in [0.1, 0.15) is 13.8 Å². The van der Waals surface area contributed by atoms with Crippen LogP contribution in [0, 0.1) is 34.9 Å². The van der Waals surface area contributed by atoms with E-state index in [1.165, 1.54) is 0 Å². The minimum absolute atomic E-state index is 0.207. The highest BCUT2D eigenvalue weighted by Crippen LogP contribution is 2.41. The van der Waals surface area contributed by atoms with Crippen LogP contribution in [0.3, 0.4) is 0 Å². The molecule has 2 atom stereocenters. The summed E-state index contributed by atoms with van der Waals surface area (Å²) in [7, 11) is 0. The second-order valence-electron chi connectivity index (χ2n) is 5.05. The first kappa shape index (κ1) is 22.2. The average Bonchev–Trinajstić information content (AvgIpc) is 2.55. The highest BCUT2D eigenvalue weighted by molar-refractivity contribution is 8.00. The standard InChI is InChI=1S/C16H10F8S3/c1-5(17)25-9-3-7(19)15(13(23)11(9)21)27-16-8(20)4-10(26-6(2)18)12(22)14(16)24/h3-6H,1-2H3. The molecule has 11 heteroatoms. The highest BCUT2D eigenvalue weighted by atomic mass is 32.2. The molecular weight excluding hydrogens is 440 g/mol. The van der Waals surface area contributed by atoms with Gasteiger partial charge >= 0.3 is 0 Å². The van der Waals surface area contributed by atoms with Crippen molar-refractivity contribution in [3.8, 4) is 0 Å². The number of benzene rings is 2. The summed E-state index contributed by atoms with van der Waals surface area (Å²) in [6.45, 7) is 2.04. The van der Waals surface area contributed by atoms with Crippen LogP contribution in [0.25, 0.3) is 0 Å². The Morgan fingerprint density at radius 2 is 0.963 bits per heavy atom. The Kier molecular flexibility index (Phi) is 7.37. The van der Waals surface area contributed by atoms with Crippen molar-refractivity contribution in [3.05, 3.63) is 47.0 Å². The van der Waals surface area contributed by atoms with Crippen LogP contribution in [0.2, 0.25) is 0 Å². The van der Waals surface area contributed by atoms with E-state index < -0.39 is 65.5 Å². The van der Waals surface area contributed by atoms with Gasteiger partial charge in [-0.3, -0.25) is 0 Å². The summed E-state index contributed by atoms with van der Waals surface area (Å²) in [6.07, 6.45) is 0. The quantitative estimate of drug-likeness (QED) is 0.254. The van der Waals surface area contributed by atoms with Gasteiger partial charge in [-0.25, -0.2) is 35.1 Å². The Bertz CT molecular complexity index is 785. The summed E-state index contributed by atoms with van der Waals surface area (Å²) < 4.78 is 110. The molecule has 0 spiro atoms. The zero-order valence-electron chi connectivity index (χ0n) is 13.6. The van der Waals surface area contributed by atoms with Gasteiger partial charge in [0.15, 0.2) is 23.3 Å². The molecule has 2 unspecified atom stereocenters. The van der Waals surface area contributed by atoms with Gasteiger partial charge < -0.3 is 0 Å². The predicted octanol–water partition coefficient (Wildman–Crippen LogP) is 7.49. The van der Waals surface area contributed by atoms with Gasteiger partial charge in [-0.15, -0.1) is 0 Å². The molecule has 0 amide bonds. The monoisotopic (exact) mass is 450 g/mol. The van der Waals surface area contributed by atoms with Crippen LogP contribution >= 0.6 is 35.3 Å². The number of hydrogen-bond donors (Lipinski definition) is 0. The molecule has 0 fully saturated rings. The van der Waals surface area contributed by atoms with Crippen LogP contribution in [0.15, 0.2) is 31.7 Å². The third-order valence-electron chi connectivity index (χ3n) is 2.95. The molecule has 0 saturated carbocycles. The van der Waals surface area contributed by atoms with Crippen molar-refractivity contribution in [1.29, 1.82) is 0 Å². The second-order valence-corrected chi connectivity index (χ2v) is 8.72. The first-order valence-corrected chi connectivity index (χ1v) is 9.74. The Labute approximate surface area is 162 Å². The number of halogens is 8. The van der Waals surface area contributed by atoms with E-state index in [4.69, 9.17) is 0 Å². The summed E-state index contributed by atoms with van der Waals surface area (Å²) >= 11 is 0.206. The van der Waals surface area contributed by atoms with Gasteiger partial charge in [-0.05, 0) is 26.0 Å². The maximum Gasteiger partial charge on any atom is 0.176 e. The molecular formula is C16H10F8S3. The first-order chi connectivity index (χ1) is 12.5. The van der Waals surface area contributed by atoms with E-state index in [0.717, 1.165) is 13.8 Å². The predicted molar refractivity (Wildman–Crippen MR) is 89.6 cm³/mol. The van der Waals surface area contributed by atoms with E-state index in [1.54, 1.807) is 0 Å². The Balaban J connectivity index is 2.49. The molecule has 2 aromatic rings. The molecule has 0 radical (unpaired) electrons. The van der Waals surface area contributed by atoms with E-state index in [2.05, 4.69) is 0 Å². The minimum atomic E-state index is -1.79. The van der Waals surface area contributed by atoms with Gasteiger partial charge in [0.25, 0.3) is 0 Å². The van der Waals surface area contributed by atoms with Gasteiger partial charge in [-0.2, -0.15) is 0 Å². The molecule has 0 N–H and O–H groups in total. The lowest BCUT2D eigenvalue weighted by Gasteiger charge is -2.13. The lowest BCUT2D eigenvalue weighted by atomic mass is 10.3. The third kappa shape index (κ3) is 5.05. The van der Waals surface area contributed by atoms with Crippen molar-refractivity contribution in [3.63, 3.8) is 0 Å². The molecule has 2 aromatic carbocycles. The molecule has 0 heterocycles. The van der Waals surface area contributed by atoms with E-state index in [-0.39, 0.29) is 35.3 Å². The molecule has 0 aliphatic rings. The topological polar surface area (TPSA) is 0 Å². The van der Waals surface area contributed by atoms with Crippen LogP contribution in [-0.4, -0.2) is 11.0 Å². The molecule has 0 aliphatic carbocycles. The fourth-order valence-corrected chi connectivity index (χ4v) is 4.23. The molecule has 0 aromatic heterocycles. The first-order valence-electron chi connectivity index (χ1n) is 7.17. The second kappa shape index (κ2) is 8.95. The molecule has 0 aliphatic heterocycles. The van der Waals surface area contributed by atoms with Crippen molar-refractivity contribution >= 4 is 35.3 Å². The van der Waals surface area contributed by atoms with Crippen molar-refractivity contribution in [2.24, 2.45) is 0 Å². The Hall–Kier alpha value is -1.07. The van der Waals surface area contributed by atoms with Gasteiger partial charge in [0, 0.05) is 0 Å². The Morgan fingerprint density at radius 3 is 1.26 bits per heavy atom. The van der Waals surface area contributed by atoms with Crippen LogP contribution in [0.4, 0.5) is 35.1 Å². The SMILES string of the molecule is CC(F)Sc1cc(F)c(Sc2c(F)cc(SC(C)F)c(F)c2F)c(F)c1F. The lowest BCUT2D eigenvalue weighted by Crippen LogP contribution is -2.01. The third-order valence-corrected chi connectivity index (χ3v) is 5.86. The number of rotatable bonds is 6.